The van der Waals surface area contributed by atoms with Gasteiger partial charge in [0.15, 0.2) is 0 Å². The molecule has 0 spiro atoms. The quantitative estimate of drug-likeness (QED) is 0.324. The van der Waals surface area contributed by atoms with Gasteiger partial charge in [-0.25, -0.2) is 9.97 Å². The molecule has 208 valence electrons. The highest BCUT2D eigenvalue weighted by atomic mass is 32.2. The molecule has 39 heavy (non-hydrogen) atoms. The SMILES string of the molecule is CC(CO)CSc1ccc(-c2ccnc(Nc3ccc(C(=O)N4CCN(CCCN(C)C)CC4)cc3)n2)cc1. The van der Waals surface area contributed by atoms with Crippen molar-refractivity contribution in [1.82, 2.24) is 24.7 Å². The van der Waals surface area contributed by atoms with Gasteiger partial charge in [-0.05, 0) is 82.0 Å². The smallest absolute Gasteiger partial charge is 0.253 e. The number of hydrogen-bond donors (Lipinski definition) is 2. The van der Waals surface area contributed by atoms with Crippen LogP contribution >= 0.6 is 11.8 Å². The molecule has 4 rings (SSSR count). The van der Waals surface area contributed by atoms with Crippen molar-refractivity contribution < 1.29 is 9.90 Å². The predicted molar refractivity (Wildman–Crippen MR) is 160 cm³/mol. The molecule has 1 amide bonds. The minimum absolute atomic E-state index is 0.0835. The van der Waals surface area contributed by atoms with Gasteiger partial charge in [0, 0.05) is 66.4 Å². The van der Waals surface area contributed by atoms with E-state index in [1.165, 1.54) is 4.90 Å². The number of amides is 1. The number of anilines is 2. The molecule has 1 saturated heterocycles. The van der Waals surface area contributed by atoms with E-state index in [1.54, 1.807) is 18.0 Å². The van der Waals surface area contributed by atoms with E-state index in [0.29, 0.717) is 11.5 Å². The molecule has 1 unspecified atom stereocenters. The Morgan fingerprint density at radius 2 is 1.77 bits per heavy atom. The van der Waals surface area contributed by atoms with E-state index in [4.69, 9.17) is 0 Å². The lowest BCUT2D eigenvalue weighted by Gasteiger charge is -2.35. The first-order chi connectivity index (χ1) is 18.9. The fourth-order valence-corrected chi connectivity index (χ4v) is 5.30. The Bertz CT molecular complexity index is 1180. The van der Waals surface area contributed by atoms with Crippen LogP contribution in [-0.4, -0.2) is 101 Å². The van der Waals surface area contributed by atoms with Crippen molar-refractivity contribution in [3.63, 3.8) is 0 Å². The van der Waals surface area contributed by atoms with Crippen molar-refractivity contribution in [2.24, 2.45) is 5.92 Å². The summed E-state index contributed by atoms with van der Waals surface area (Å²) in [6.07, 6.45) is 2.90. The van der Waals surface area contributed by atoms with Gasteiger partial charge in [0.2, 0.25) is 5.95 Å². The summed E-state index contributed by atoms with van der Waals surface area (Å²) >= 11 is 1.74. The first-order valence-corrected chi connectivity index (χ1v) is 14.6. The number of thioether (sulfide) groups is 1. The van der Waals surface area contributed by atoms with Crippen molar-refractivity contribution in [3.05, 3.63) is 66.4 Å². The van der Waals surface area contributed by atoms with E-state index in [2.05, 4.69) is 63.4 Å². The molecular formula is C30H40N6O2S. The van der Waals surface area contributed by atoms with Crippen LogP contribution in [0.3, 0.4) is 0 Å². The lowest BCUT2D eigenvalue weighted by molar-refractivity contribution is 0.0634. The Labute approximate surface area is 236 Å². The zero-order valence-corrected chi connectivity index (χ0v) is 24.0. The number of aliphatic hydroxyl groups excluding tert-OH is 1. The average molecular weight is 549 g/mol. The Morgan fingerprint density at radius 3 is 2.44 bits per heavy atom. The number of piperazine rings is 1. The fraction of sp³-hybridized carbons (Fsp3) is 0.433. The van der Waals surface area contributed by atoms with Gasteiger partial charge in [-0.3, -0.25) is 9.69 Å². The Morgan fingerprint density at radius 1 is 1.05 bits per heavy atom. The number of rotatable bonds is 12. The highest BCUT2D eigenvalue weighted by Gasteiger charge is 2.22. The van der Waals surface area contributed by atoms with Crippen molar-refractivity contribution in [1.29, 1.82) is 0 Å². The van der Waals surface area contributed by atoms with Crippen molar-refractivity contribution in [2.45, 2.75) is 18.2 Å². The number of nitrogens with one attached hydrogen (secondary N) is 1. The summed E-state index contributed by atoms with van der Waals surface area (Å²) in [6.45, 7) is 7.81. The van der Waals surface area contributed by atoms with Crippen molar-refractivity contribution in [2.75, 3.05) is 71.0 Å². The van der Waals surface area contributed by atoms with E-state index in [0.717, 1.165) is 68.4 Å². The molecule has 1 fully saturated rings. The number of carbonyl (C=O) groups excluding carboxylic acids is 1. The maximum atomic E-state index is 13.0. The number of hydrogen-bond acceptors (Lipinski definition) is 8. The molecule has 1 atom stereocenters. The maximum absolute atomic E-state index is 13.0. The molecule has 1 aromatic heterocycles. The fourth-order valence-electron chi connectivity index (χ4n) is 4.39. The topological polar surface area (TPSA) is 84.8 Å². The molecule has 2 aromatic carbocycles. The molecule has 0 bridgehead atoms. The largest absolute Gasteiger partial charge is 0.396 e. The summed E-state index contributed by atoms with van der Waals surface area (Å²) in [4.78, 5) is 29.9. The minimum atomic E-state index is 0.0835. The molecule has 2 N–H and O–H groups in total. The highest BCUT2D eigenvalue weighted by molar-refractivity contribution is 7.99. The van der Waals surface area contributed by atoms with Gasteiger partial charge >= 0.3 is 0 Å². The number of aromatic nitrogens is 2. The van der Waals surface area contributed by atoms with E-state index in [9.17, 15) is 9.90 Å². The maximum Gasteiger partial charge on any atom is 0.253 e. The summed E-state index contributed by atoms with van der Waals surface area (Å²) in [5, 5.41) is 12.5. The molecule has 0 radical (unpaired) electrons. The van der Waals surface area contributed by atoms with Gasteiger partial charge in [0.1, 0.15) is 0 Å². The third-order valence-corrected chi connectivity index (χ3v) is 8.12. The molecular weight excluding hydrogens is 508 g/mol. The Kier molecular flexibility index (Phi) is 10.7. The summed E-state index contributed by atoms with van der Waals surface area (Å²) in [5.74, 6) is 1.75. The first kappa shape index (κ1) is 29.0. The third-order valence-electron chi connectivity index (χ3n) is 6.78. The Balaban J connectivity index is 1.29. The molecule has 1 aliphatic rings. The zero-order chi connectivity index (χ0) is 27.6. The van der Waals surface area contributed by atoms with Gasteiger partial charge in [-0.2, -0.15) is 0 Å². The first-order valence-electron chi connectivity index (χ1n) is 13.6. The lowest BCUT2D eigenvalue weighted by atomic mass is 10.1. The number of aliphatic hydroxyl groups is 1. The molecule has 3 aromatic rings. The summed E-state index contributed by atoms with van der Waals surface area (Å²) < 4.78 is 0. The van der Waals surface area contributed by atoms with Crippen molar-refractivity contribution >= 4 is 29.3 Å². The lowest BCUT2D eigenvalue weighted by Crippen LogP contribution is -2.49. The molecule has 0 saturated carbocycles. The molecule has 9 heteroatoms. The monoisotopic (exact) mass is 548 g/mol. The van der Waals surface area contributed by atoms with Crippen LogP contribution in [0, 0.1) is 5.92 Å². The second-order valence-electron chi connectivity index (χ2n) is 10.4. The average Bonchev–Trinajstić information content (AvgIpc) is 2.96. The van der Waals surface area contributed by atoms with E-state index in [-0.39, 0.29) is 18.4 Å². The van der Waals surface area contributed by atoms with Gasteiger partial charge in [-0.1, -0.05) is 19.1 Å². The number of benzene rings is 2. The van der Waals surface area contributed by atoms with Crippen LogP contribution in [0.5, 0.6) is 0 Å². The van der Waals surface area contributed by atoms with Crippen molar-refractivity contribution in [3.8, 4) is 11.3 Å². The van der Waals surface area contributed by atoms with Crippen LogP contribution in [0.4, 0.5) is 11.6 Å². The van der Waals surface area contributed by atoms with Crippen LogP contribution in [0.25, 0.3) is 11.3 Å². The molecule has 0 aliphatic carbocycles. The highest BCUT2D eigenvalue weighted by Crippen LogP contribution is 2.25. The number of nitrogens with zero attached hydrogens (tertiary/aromatic N) is 5. The predicted octanol–water partition coefficient (Wildman–Crippen LogP) is 4.32. The zero-order valence-electron chi connectivity index (χ0n) is 23.2. The normalized spacial score (nSPS) is 14.9. The van der Waals surface area contributed by atoms with Crippen LogP contribution in [0.15, 0.2) is 65.7 Å². The molecule has 8 nitrogen and oxygen atoms in total. The van der Waals surface area contributed by atoms with Crippen LogP contribution in [0.1, 0.15) is 23.7 Å². The number of carbonyl (C=O) groups is 1. The second-order valence-corrected chi connectivity index (χ2v) is 11.5. The Hall–Kier alpha value is -2.98. The third kappa shape index (κ3) is 8.76. The van der Waals surface area contributed by atoms with Gasteiger partial charge in [-0.15, -0.1) is 11.8 Å². The van der Waals surface area contributed by atoms with E-state index >= 15 is 0 Å². The van der Waals surface area contributed by atoms with E-state index < -0.39 is 0 Å². The standard InChI is InChI=1S/C30H40N6O2S/c1-23(21-37)22-39-27-11-7-24(8-12-27)28-13-14-31-30(33-28)32-26-9-5-25(6-10-26)29(38)36-19-17-35(18-20-36)16-4-15-34(2)3/h5-14,23,37H,4,15-22H2,1-3H3,(H,31,32,33). The van der Waals surface area contributed by atoms with Crippen LogP contribution in [0.2, 0.25) is 0 Å². The molecule has 2 heterocycles. The van der Waals surface area contributed by atoms with E-state index in [1.807, 2.05) is 42.2 Å². The summed E-state index contributed by atoms with van der Waals surface area (Å²) in [6, 6.07) is 17.7. The molecule has 1 aliphatic heterocycles. The second kappa shape index (κ2) is 14.4. The van der Waals surface area contributed by atoms with Gasteiger partial charge < -0.3 is 20.2 Å². The van der Waals surface area contributed by atoms with Crippen LogP contribution < -0.4 is 5.32 Å². The minimum Gasteiger partial charge on any atom is -0.396 e. The van der Waals surface area contributed by atoms with Crippen LogP contribution in [-0.2, 0) is 0 Å². The van der Waals surface area contributed by atoms with Gasteiger partial charge in [0.25, 0.3) is 5.91 Å². The summed E-state index contributed by atoms with van der Waals surface area (Å²) in [5.41, 5.74) is 3.38. The summed E-state index contributed by atoms with van der Waals surface area (Å²) in [7, 11) is 4.20. The van der Waals surface area contributed by atoms with Gasteiger partial charge in [0.05, 0.1) is 5.69 Å².